The number of amides is 3. The van der Waals surface area contributed by atoms with E-state index in [4.69, 9.17) is 0 Å². The minimum atomic E-state index is -3.60. The molecular weight excluding hydrogens is 432 g/mol. The van der Waals surface area contributed by atoms with Crippen LogP contribution in [-0.2, 0) is 24.4 Å². The molecule has 174 valence electrons. The van der Waals surface area contributed by atoms with Crippen molar-refractivity contribution in [1.29, 1.82) is 0 Å². The average molecular weight is 463 g/mol. The van der Waals surface area contributed by atoms with Gasteiger partial charge in [-0.15, -0.1) is 0 Å². The van der Waals surface area contributed by atoms with Gasteiger partial charge in [-0.05, 0) is 63.1 Å². The molecule has 0 aromatic heterocycles. The highest BCUT2D eigenvalue weighted by atomic mass is 32.2. The van der Waals surface area contributed by atoms with Crippen LogP contribution in [0.25, 0.3) is 0 Å². The molecular formula is C22H30N4O5S. The lowest BCUT2D eigenvalue weighted by atomic mass is 9.97. The van der Waals surface area contributed by atoms with E-state index in [1.165, 1.54) is 28.4 Å². The van der Waals surface area contributed by atoms with Crippen LogP contribution in [0.1, 0.15) is 44.9 Å². The zero-order chi connectivity index (χ0) is 23.0. The van der Waals surface area contributed by atoms with E-state index in [1.807, 2.05) is 0 Å². The fourth-order valence-corrected chi connectivity index (χ4v) is 5.37. The summed E-state index contributed by atoms with van der Waals surface area (Å²) in [5.74, 6) is -2.23. The van der Waals surface area contributed by atoms with Crippen LogP contribution in [0.15, 0.2) is 40.8 Å². The lowest BCUT2D eigenvalue weighted by molar-refractivity contribution is -0.139. The quantitative estimate of drug-likeness (QED) is 0.399. The molecule has 0 radical (unpaired) electrons. The van der Waals surface area contributed by atoms with Crippen molar-refractivity contribution >= 4 is 33.4 Å². The zero-order valence-electron chi connectivity index (χ0n) is 18.1. The molecule has 1 aromatic carbocycles. The molecule has 0 atom stereocenters. The third-order valence-electron chi connectivity index (χ3n) is 5.55. The number of allylic oxidation sites excluding steroid dienone is 1. The molecule has 0 unspecified atom stereocenters. The van der Waals surface area contributed by atoms with Crippen molar-refractivity contribution in [1.82, 2.24) is 14.9 Å². The van der Waals surface area contributed by atoms with E-state index in [9.17, 15) is 22.8 Å². The van der Waals surface area contributed by atoms with Gasteiger partial charge < -0.3 is 16.0 Å². The molecule has 1 saturated heterocycles. The lowest BCUT2D eigenvalue weighted by Gasteiger charge is -2.16. The monoisotopic (exact) mass is 462 g/mol. The highest BCUT2D eigenvalue weighted by Crippen LogP contribution is 2.23. The first-order valence-corrected chi connectivity index (χ1v) is 12.4. The van der Waals surface area contributed by atoms with Crippen molar-refractivity contribution < 1.29 is 22.8 Å². The lowest BCUT2D eigenvalue weighted by Crippen LogP contribution is -2.43. The third-order valence-corrected chi connectivity index (χ3v) is 7.45. The van der Waals surface area contributed by atoms with Crippen LogP contribution in [0.3, 0.4) is 0 Å². The van der Waals surface area contributed by atoms with Gasteiger partial charge in [-0.25, -0.2) is 8.42 Å². The maximum Gasteiger partial charge on any atom is 0.309 e. The molecule has 1 aliphatic carbocycles. The molecule has 3 amide bonds. The van der Waals surface area contributed by atoms with Gasteiger partial charge in [0.2, 0.25) is 15.9 Å². The predicted octanol–water partition coefficient (Wildman–Crippen LogP) is 1.53. The Labute approximate surface area is 188 Å². The number of sulfonamides is 1. The summed E-state index contributed by atoms with van der Waals surface area (Å²) in [6.45, 7) is 0.957. The molecule has 10 heteroatoms. The van der Waals surface area contributed by atoms with E-state index < -0.39 is 34.3 Å². The Hall–Kier alpha value is -2.72. The van der Waals surface area contributed by atoms with E-state index in [0.717, 1.165) is 38.5 Å². The van der Waals surface area contributed by atoms with Crippen LogP contribution < -0.4 is 16.0 Å². The minimum Gasteiger partial charge on any atom is -0.348 e. The Bertz CT molecular complexity index is 984. The van der Waals surface area contributed by atoms with Crippen LogP contribution in [0.5, 0.6) is 0 Å². The normalized spacial score (nSPS) is 16.8. The summed E-state index contributed by atoms with van der Waals surface area (Å²) in [4.78, 5) is 36.1. The predicted molar refractivity (Wildman–Crippen MR) is 120 cm³/mol. The van der Waals surface area contributed by atoms with Crippen molar-refractivity contribution in [2.24, 2.45) is 0 Å². The Balaban J connectivity index is 1.43. The molecule has 1 heterocycles. The minimum absolute atomic E-state index is 0.105. The van der Waals surface area contributed by atoms with Gasteiger partial charge in [-0.3, -0.25) is 14.4 Å². The molecule has 3 rings (SSSR count). The number of benzene rings is 1. The van der Waals surface area contributed by atoms with E-state index in [2.05, 4.69) is 22.0 Å². The summed E-state index contributed by atoms with van der Waals surface area (Å²) in [5, 5.41) is 7.39. The Morgan fingerprint density at radius 3 is 2.44 bits per heavy atom. The number of carbonyl (C=O) groups excluding carboxylic acids is 3. The van der Waals surface area contributed by atoms with Crippen molar-refractivity contribution in [3.63, 3.8) is 0 Å². The standard InChI is InChI=1S/C22H30N4O5S/c27-20(16-24-22(29)21(28)23-12-11-17-7-2-1-3-8-17)25-18-9-6-10-19(15-18)32(30,31)26-13-4-5-14-26/h6-7,9-10,15H,1-5,8,11-14,16H2,(H,23,28)(H,24,29)(H,25,27). The van der Waals surface area contributed by atoms with Gasteiger partial charge in [0, 0.05) is 25.3 Å². The molecule has 3 N–H and O–H groups in total. The smallest absolute Gasteiger partial charge is 0.309 e. The fraction of sp³-hybridized carbons (Fsp3) is 0.500. The number of carbonyl (C=O) groups is 3. The van der Waals surface area contributed by atoms with Gasteiger partial charge >= 0.3 is 11.8 Å². The highest BCUT2D eigenvalue weighted by molar-refractivity contribution is 7.89. The number of nitrogens with one attached hydrogen (secondary N) is 3. The number of anilines is 1. The van der Waals surface area contributed by atoms with Gasteiger partial charge in [0.05, 0.1) is 11.4 Å². The van der Waals surface area contributed by atoms with Gasteiger partial charge in [0.15, 0.2) is 0 Å². The Morgan fingerprint density at radius 2 is 1.72 bits per heavy atom. The summed E-state index contributed by atoms with van der Waals surface area (Å²) in [7, 11) is -3.60. The van der Waals surface area contributed by atoms with Gasteiger partial charge in [-0.1, -0.05) is 17.7 Å². The summed E-state index contributed by atoms with van der Waals surface area (Å²) in [5.41, 5.74) is 1.60. The maximum atomic E-state index is 12.7. The number of rotatable bonds is 8. The van der Waals surface area contributed by atoms with Crippen molar-refractivity contribution in [3.8, 4) is 0 Å². The SMILES string of the molecule is O=C(CNC(=O)C(=O)NCCC1=CCCCC1)Nc1cccc(S(=O)(=O)N2CCCC2)c1. The first-order valence-electron chi connectivity index (χ1n) is 11.0. The number of hydrogen-bond acceptors (Lipinski definition) is 5. The van der Waals surface area contributed by atoms with E-state index in [0.29, 0.717) is 25.3 Å². The van der Waals surface area contributed by atoms with Crippen molar-refractivity contribution in [2.75, 3.05) is 31.5 Å². The van der Waals surface area contributed by atoms with Crippen LogP contribution in [-0.4, -0.2) is 56.6 Å². The van der Waals surface area contributed by atoms with Crippen LogP contribution >= 0.6 is 0 Å². The van der Waals surface area contributed by atoms with Crippen LogP contribution in [0.4, 0.5) is 5.69 Å². The maximum absolute atomic E-state index is 12.7. The average Bonchev–Trinajstić information content (AvgIpc) is 3.34. The summed E-state index contributed by atoms with van der Waals surface area (Å²) >= 11 is 0. The summed E-state index contributed by atoms with van der Waals surface area (Å²) in [6.07, 6.45) is 9.01. The highest BCUT2D eigenvalue weighted by Gasteiger charge is 2.27. The second kappa shape index (κ2) is 11.2. The van der Waals surface area contributed by atoms with Crippen molar-refractivity contribution in [2.45, 2.75) is 49.8 Å². The van der Waals surface area contributed by atoms with Gasteiger partial charge in [0.25, 0.3) is 0 Å². The molecule has 2 aliphatic rings. The first kappa shape index (κ1) is 23.9. The molecule has 0 bridgehead atoms. The Morgan fingerprint density at radius 1 is 0.969 bits per heavy atom. The molecule has 1 aliphatic heterocycles. The van der Waals surface area contributed by atoms with E-state index in [1.54, 1.807) is 12.1 Å². The number of nitrogens with zero attached hydrogens (tertiary/aromatic N) is 1. The second-order valence-corrected chi connectivity index (χ2v) is 9.92. The second-order valence-electron chi connectivity index (χ2n) is 7.98. The molecule has 9 nitrogen and oxygen atoms in total. The number of hydrogen-bond donors (Lipinski definition) is 3. The van der Waals surface area contributed by atoms with Gasteiger partial charge in [0.1, 0.15) is 0 Å². The van der Waals surface area contributed by atoms with Crippen molar-refractivity contribution in [3.05, 3.63) is 35.9 Å². The molecule has 1 fully saturated rings. The van der Waals surface area contributed by atoms with Gasteiger partial charge in [-0.2, -0.15) is 4.31 Å². The summed E-state index contributed by atoms with van der Waals surface area (Å²) in [6, 6.07) is 5.99. The molecule has 0 spiro atoms. The fourth-order valence-electron chi connectivity index (χ4n) is 3.81. The zero-order valence-corrected chi connectivity index (χ0v) is 18.9. The van der Waals surface area contributed by atoms with E-state index in [-0.39, 0.29) is 4.90 Å². The van der Waals surface area contributed by atoms with E-state index >= 15 is 0 Å². The topological polar surface area (TPSA) is 125 Å². The molecule has 32 heavy (non-hydrogen) atoms. The Kier molecular flexibility index (Phi) is 8.40. The largest absolute Gasteiger partial charge is 0.348 e. The summed E-state index contributed by atoms with van der Waals surface area (Å²) < 4.78 is 26.7. The molecule has 0 saturated carbocycles. The van der Waals surface area contributed by atoms with Crippen LogP contribution in [0, 0.1) is 0 Å². The van der Waals surface area contributed by atoms with Crippen LogP contribution in [0.2, 0.25) is 0 Å². The first-order chi connectivity index (χ1) is 15.4. The molecule has 1 aromatic rings. The third kappa shape index (κ3) is 6.64.